The van der Waals surface area contributed by atoms with Crippen LogP contribution in [0.25, 0.3) is 0 Å². The summed E-state index contributed by atoms with van der Waals surface area (Å²) in [6, 6.07) is 0. The van der Waals surface area contributed by atoms with E-state index in [1.807, 2.05) is 0 Å². The van der Waals surface area contributed by atoms with Crippen LogP contribution in [-0.2, 0) is 29.1 Å². The summed E-state index contributed by atoms with van der Waals surface area (Å²) in [5, 5.41) is 39.7. The first-order valence-electron chi connectivity index (χ1n) is 14.6. The lowest BCUT2D eigenvalue weighted by Crippen LogP contribution is -2.60. The van der Waals surface area contributed by atoms with E-state index in [9.17, 15) is 33.6 Å². The Hall–Kier alpha value is -0.860. The molecule has 1 aliphatic heterocycles. The largest absolute Gasteiger partial charge is 0.463 e. The molecule has 0 aliphatic carbocycles. The van der Waals surface area contributed by atoms with Crippen molar-refractivity contribution in [1.82, 2.24) is 0 Å². The zero-order valence-corrected chi connectivity index (χ0v) is 24.3. The third kappa shape index (κ3) is 17.5. The van der Waals surface area contributed by atoms with Gasteiger partial charge in [0, 0.05) is 6.42 Å². The highest BCUT2D eigenvalue weighted by Gasteiger charge is 2.45. The summed E-state index contributed by atoms with van der Waals surface area (Å²) in [5.41, 5.74) is 0. The molecule has 1 fully saturated rings. The molecule has 0 aromatic carbocycles. The fraction of sp³-hybridized carbons (Fsp3) is 0.963. The molecular formula is C27H52O11S. The topological polar surface area (TPSA) is 180 Å². The van der Waals surface area contributed by atoms with E-state index < -0.39 is 65.3 Å². The number of hydrogen-bond acceptors (Lipinski definition) is 10. The first-order valence-corrected chi connectivity index (χ1v) is 16.3. The smallest absolute Gasteiger partial charge is 0.305 e. The van der Waals surface area contributed by atoms with Gasteiger partial charge in [-0.2, -0.15) is 8.42 Å². The number of esters is 1. The van der Waals surface area contributed by atoms with Crippen molar-refractivity contribution in [3.8, 4) is 0 Å². The van der Waals surface area contributed by atoms with Gasteiger partial charge in [0.1, 0.15) is 42.9 Å². The molecule has 12 heteroatoms. The van der Waals surface area contributed by atoms with Gasteiger partial charge >= 0.3 is 5.97 Å². The molecular weight excluding hydrogens is 532 g/mol. The van der Waals surface area contributed by atoms with Gasteiger partial charge in [-0.3, -0.25) is 9.35 Å². The maximum absolute atomic E-state index is 11.9. The first-order chi connectivity index (χ1) is 18.5. The molecule has 0 amide bonds. The summed E-state index contributed by atoms with van der Waals surface area (Å²) in [5.74, 6) is -1.46. The van der Waals surface area contributed by atoms with Crippen molar-refractivity contribution in [2.45, 2.75) is 146 Å². The molecule has 1 aliphatic rings. The van der Waals surface area contributed by atoms with E-state index in [0.29, 0.717) is 6.42 Å². The molecule has 6 atom stereocenters. The van der Waals surface area contributed by atoms with Gasteiger partial charge in [0.15, 0.2) is 6.29 Å². The molecule has 1 rings (SSSR count). The zero-order valence-electron chi connectivity index (χ0n) is 23.5. The molecule has 0 saturated carbocycles. The average molecular weight is 585 g/mol. The molecule has 11 nitrogen and oxygen atoms in total. The van der Waals surface area contributed by atoms with Gasteiger partial charge in [-0.05, 0) is 6.42 Å². The molecule has 1 saturated heterocycles. The van der Waals surface area contributed by atoms with Crippen LogP contribution in [0.4, 0.5) is 0 Å². The molecule has 0 aromatic heterocycles. The molecule has 39 heavy (non-hydrogen) atoms. The summed E-state index contributed by atoms with van der Waals surface area (Å²) >= 11 is 0. The highest BCUT2D eigenvalue weighted by atomic mass is 32.2. The van der Waals surface area contributed by atoms with Crippen molar-refractivity contribution in [3.05, 3.63) is 0 Å². The Morgan fingerprint density at radius 1 is 0.769 bits per heavy atom. The van der Waals surface area contributed by atoms with Gasteiger partial charge in [0.2, 0.25) is 0 Å². The van der Waals surface area contributed by atoms with Crippen molar-refractivity contribution in [3.63, 3.8) is 0 Å². The van der Waals surface area contributed by atoms with Crippen molar-refractivity contribution in [1.29, 1.82) is 0 Å². The third-order valence-corrected chi connectivity index (χ3v) is 7.67. The number of carbonyl (C=O) groups excluding carboxylic acids is 1. The van der Waals surface area contributed by atoms with Gasteiger partial charge in [-0.25, -0.2) is 0 Å². The monoisotopic (exact) mass is 584 g/mol. The fourth-order valence-corrected chi connectivity index (χ4v) is 5.25. The van der Waals surface area contributed by atoms with E-state index in [1.165, 1.54) is 70.6 Å². The van der Waals surface area contributed by atoms with E-state index >= 15 is 0 Å². The maximum Gasteiger partial charge on any atom is 0.305 e. The van der Waals surface area contributed by atoms with Crippen molar-refractivity contribution in [2.75, 3.05) is 19.0 Å². The average Bonchev–Trinajstić information content (AvgIpc) is 2.88. The predicted octanol–water partition coefficient (Wildman–Crippen LogP) is 2.86. The summed E-state index contributed by atoms with van der Waals surface area (Å²) < 4.78 is 46.4. The lowest BCUT2D eigenvalue weighted by molar-refractivity contribution is -0.296. The van der Waals surface area contributed by atoms with Gasteiger partial charge in [-0.1, -0.05) is 96.8 Å². The minimum Gasteiger partial charge on any atom is -0.463 e. The SMILES string of the molecule is CCCCCCCCCCCCCCCCCC(=O)OCC(O)CO[C@H]1O[C@H](CS(=O)(=O)O)[C@H](O)[C@H](O)[C@H]1O. The lowest BCUT2D eigenvalue weighted by Gasteiger charge is -2.40. The summed E-state index contributed by atoms with van der Waals surface area (Å²) in [4.78, 5) is 11.9. The predicted molar refractivity (Wildman–Crippen MR) is 146 cm³/mol. The summed E-state index contributed by atoms with van der Waals surface area (Å²) in [7, 11) is -4.53. The van der Waals surface area contributed by atoms with Gasteiger partial charge in [0.05, 0.1) is 6.61 Å². The highest BCUT2D eigenvalue weighted by Crippen LogP contribution is 2.23. The number of hydrogen-bond donors (Lipinski definition) is 5. The van der Waals surface area contributed by atoms with E-state index in [1.54, 1.807) is 0 Å². The van der Waals surface area contributed by atoms with Crippen LogP contribution in [0.15, 0.2) is 0 Å². The Morgan fingerprint density at radius 3 is 1.74 bits per heavy atom. The van der Waals surface area contributed by atoms with E-state index in [-0.39, 0.29) is 13.0 Å². The van der Waals surface area contributed by atoms with Crippen molar-refractivity contribution < 1.29 is 52.4 Å². The molecule has 5 N–H and O–H groups in total. The third-order valence-electron chi connectivity index (χ3n) is 6.92. The Morgan fingerprint density at radius 2 is 1.26 bits per heavy atom. The van der Waals surface area contributed by atoms with E-state index in [0.717, 1.165) is 19.3 Å². The Balaban J connectivity index is 2.05. The van der Waals surface area contributed by atoms with Crippen molar-refractivity contribution >= 4 is 16.1 Å². The highest BCUT2D eigenvalue weighted by molar-refractivity contribution is 7.85. The van der Waals surface area contributed by atoms with Crippen LogP contribution < -0.4 is 0 Å². The Bertz CT molecular complexity index is 733. The van der Waals surface area contributed by atoms with Crippen LogP contribution in [0.2, 0.25) is 0 Å². The van der Waals surface area contributed by atoms with Crippen LogP contribution in [0.5, 0.6) is 0 Å². The molecule has 0 bridgehead atoms. The van der Waals surface area contributed by atoms with Crippen LogP contribution >= 0.6 is 0 Å². The zero-order chi connectivity index (χ0) is 29.1. The molecule has 1 unspecified atom stereocenters. The maximum atomic E-state index is 11.9. The minimum atomic E-state index is -4.53. The van der Waals surface area contributed by atoms with Gasteiger partial charge in [0.25, 0.3) is 10.1 Å². The van der Waals surface area contributed by atoms with Gasteiger partial charge in [-0.15, -0.1) is 0 Å². The molecule has 0 radical (unpaired) electrons. The minimum absolute atomic E-state index is 0.248. The molecule has 232 valence electrons. The Kier molecular flexibility index (Phi) is 19.4. The quantitative estimate of drug-likeness (QED) is 0.0677. The van der Waals surface area contributed by atoms with E-state index in [4.69, 9.17) is 18.8 Å². The number of aliphatic hydroxyl groups excluding tert-OH is 4. The lowest BCUT2D eigenvalue weighted by atomic mass is 10.00. The molecule has 0 spiro atoms. The van der Waals surface area contributed by atoms with Crippen LogP contribution in [-0.4, -0.2) is 95.1 Å². The number of rotatable bonds is 23. The molecule has 1 heterocycles. The second kappa shape index (κ2) is 20.9. The van der Waals surface area contributed by atoms with E-state index in [2.05, 4.69) is 6.92 Å². The number of aliphatic hydroxyl groups is 4. The second-order valence-corrected chi connectivity index (χ2v) is 12.1. The van der Waals surface area contributed by atoms with Crippen LogP contribution in [0, 0.1) is 0 Å². The normalized spacial score (nSPS) is 24.5. The fourth-order valence-electron chi connectivity index (χ4n) is 4.56. The van der Waals surface area contributed by atoms with Crippen molar-refractivity contribution in [2.24, 2.45) is 0 Å². The van der Waals surface area contributed by atoms with Gasteiger partial charge < -0.3 is 34.6 Å². The Labute approximate surface area is 234 Å². The first kappa shape index (κ1) is 36.2. The van der Waals surface area contributed by atoms with Crippen LogP contribution in [0.3, 0.4) is 0 Å². The second-order valence-electron chi connectivity index (χ2n) is 10.6. The summed E-state index contributed by atoms with van der Waals surface area (Å²) in [6.45, 7) is 1.45. The number of carbonyl (C=O) groups is 1. The number of unbranched alkanes of at least 4 members (excludes halogenated alkanes) is 14. The summed E-state index contributed by atoms with van der Waals surface area (Å²) in [6.07, 6.45) is 9.05. The standard InChI is InChI=1S/C27H52O11S/c1-2-3-4-5-6-7-8-9-10-11-12-13-14-15-16-17-23(29)36-18-21(28)19-37-27-26(32)25(31)24(30)22(38-27)20-39(33,34)35/h21-22,24-28,30-32H,2-20H2,1H3,(H,33,34,35)/t21?,22-,24+,25+,26-,27+/m1/s1. The molecule has 0 aromatic rings. The van der Waals surface area contributed by atoms with Crippen LogP contribution in [0.1, 0.15) is 110 Å². The number of ether oxygens (including phenoxy) is 3.